The summed E-state index contributed by atoms with van der Waals surface area (Å²) in [4.78, 5) is 12.8. The van der Waals surface area contributed by atoms with E-state index in [1.54, 1.807) is 6.08 Å². The van der Waals surface area contributed by atoms with Crippen molar-refractivity contribution < 1.29 is 0 Å². The molecule has 0 spiro atoms. The van der Waals surface area contributed by atoms with Crippen LogP contribution >= 0.6 is 11.6 Å². The molecule has 4 heteroatoms. The average Bonchev–Trinajstić information content (AvgIpc) is 2.48. The first-order chi connectivity index (χ1) is 9.74. The third kappa shape index (κ3) is 3.39. The molecule has 0 fully saturated rings. The molecule has 0 radical (unpaired) electrons. The monoisotopic (exact) mass is 283 g/mol. The van der Waals surface area contributed by atoms with E-state index in [1.807, 2.05) is 55.5 Å². The van der Waals surface area contributed by atoms with Crippen molar-refractivity contribution in [2.75, 3.05) is 0 Å². The summed E-state index contributed by atoms with van der Waals surface area (Å²) in [5, 5.41) is 0.169. The van der Waals surface area contributed by atoms with Gasteiger partial charge in [0.05, 0.1) is 0 Å². The van der Waals surface area contributed by atoms with Gasteiger partial charge < -0.3 is 0 Å². The molecule has 0 bridgehead atoms. The van der Waals surface area contributed by atoms with Crippen molar-refractivity contribution >= 4 is 17.2 Å². The van der Waals surface area contributed by atoms with Gasteiger partial charge in [0.25, 0.3) is 0 Å². The largest absolute Gasteiger partial charge is 0.226 e. The lowest BCUT2D eigenvalue weighted by Gasteiger charge is -2.04. The van der Waals surface area contributed by atoms with Crippen molar-refractivity contribution in [1.82, 2.24) is 15.0 Å². The predicted molar refractivity (Wildman–Crippen MR) is 83.3 cm³/mol. The molecule has 0 aliphatic heterocycles. The Balaban J connectivity index is 2.51. The Kier molecular flexibility index (Phi) is 4.80. The van der Waals surface area contributed by atoms with Crippen molar-refractivity contribution in [3.8, 4) is 11.4 Å². The van der Waals surface area contributed by atoms with E-state index in [9.17, 15) is 0 Å². The third-order valence-electron chi connectivity index (χ3n) is 2.59. The van der Waals surface area contributed by atoms with Gasteiger partial charge in [-0.15, -0.1) is 0 Å². The van der Waals surface area contributed by atoms with Gasteiger partial charge in [0, 0.05) is 11.1 Å². The first kappa shape index (κ1) is 14.2. The topological polar surface area (TPSA) is 38.7 Å². The van der Waals surface area contributed by atoms with Crippen LogP contribution in [0.3, 0.4) is 0 Å². The summed E-state index contributed by atoms with van der Waals surface area (Å²) >= 11 is 5.99. The van der Waals surface area contributed by atoms with E-state index in [0.29, 0.717) is 11.6 Å². The highest BCUT2D eigenvalue weighted by molar-refractivity contribution is 6.28. The second-order valence-electron chi connectivity index (χ2n) is 3.97. The zero-order valence-corrected chi connectivity index (χ0v) is 11.9. The van der Waals surface area contributed by atoms with Crippen molar-refractivity contribution in [3.05, 3.63) is 72.3 Å². The summed E-state index contributed by atoms with van der Waals surface area (Å²) in [5.41, 5.74) is 1.69. The second-order valence-corrected chi connectivity index (χ2v) is 4.31. The van der Waals surface area contributed by atoms with Gasteiger partial charge in [0.2, 0.25) is 5.28 Å². The van der Waals surface area contributed by atoms with Gasteiger partial charge in [-0.1, -0.05) is 61.2 Å². The number of allylic oxidation sites excluding steroid dienone is 5. The minimum atomic E-state index is 0.169. The van der Waals surface area contributed by atoms with Crippen LogP contribution in [0.4, 0.5) is 0 Å². The molecular weight excluding hydrogens is 270 g/mol. The summed E-state index contributed by atoms with van der Waals surface area (Å²) in [5.74, 6) is 1.06. The SMILES string of the molecule is C=C/C(=C\C=C/C)c1nc(Cl)nc(-c2ccccc2)n1. The van der Waals surface area contributed by atoms with Gasteiger partial charge >= 0.3 is 0 Å². The van der Waals surface area contributed by atoms with E-state index >= 15 is 0 Å². The molecule has 0 saturated heterocycles. The van der Waals surface area contributed by atoms with Crippen LogP contribution in [-0.2, 0) is 0 Å². The molecule has 2 aromatic rings. The van der Waals surface area contributed by atoms with Gasteiger partial charge in [-0.2, -0.15) is 9.97 Å². The molecule has 0 aliphatic carbocycles. The Bertz CT molecular complexity index is 661. The number of aromatic nitrogens is 3. The quantitative estimate of drug-likeness (QED) is 0.784. The highest BCUT2D eigenvalue weighted by Crippen LogP contribution is 2.19. The van der Waals surface area contributed by atoms with Gasteiger partial charge in [-0.25, -0.2) is 4.98 Å². The lowest BCUT2D eigenvalue weighted by atomic mass is 10.2. The molecule has 1 heterocycles. The van der Waals surface area contributed by atoms with E-state index in [-0.39, 0.29) is 5.28 Å². The summed E-state index contributed by atoms with van der Waals surface area (Å²) < 4.78 is 0. The van der Waals surface area contributed by atoms with Gasteiger partial charge in [0.15, 0.2) is 11.6 Å². The van der Waals surface area contributed by atoms with E-state index in [2.05, 4.69) is 21.5 Å². The van der Waals surface area contributed by atoms with Crippen LogP contribution < -0.4 is 0 Å². The lowest BCUT2D eigenvalue weighted by Crippen LogP contribution is -1.99. The zero-order valence-electron chi connectivity index (χ0n) is 11.1. The molecule has 0 atom stereocenters. The summed E-state index contributed by atoms with van der Waals surface area (Å²) in [6.07, 6.45) is 7.40. The van der Waals surface area contributed by atoms with E-state index in [4.69, 9.17) is 11.6 Å². The Morgan fingerprint density at radius 2 is 1.90 bits per heavy atom. The molecule has 20 heavy (non-hydrogen) atoms. The predicted octanol–water partition coefficient (Wildman–Crippen LogP) is 4.34. The third-order valence-corrected chi connectivity index (χ3v) is 2.76. The Morgan fingerprint density at radius 1 is 1.15 bits per heavy atom. The maximum Gasteiger partial charge on any atom is 0.226 e. The first-order valence-corrected chi connectivity index (χ1v) is 6.55. The highest BCUT2D eigenvalue weighted by atomic mass is 35.5. The van der Waals surface area contributed by atoms with Gasteiger partial charge in [0.1, 0.15) is 0 Å². The number of rotatable bonds is 4. The zero-order chi connectivity index (χ0) is 14.4. The molecule has 0 saturated carbocycles. The minimum Gasteiger partial charge on any atom is -0.208 e. The molecule has 0 unspecified atom stereocenters. The molecule has 1 aromatic heterocycles. The number of hydrogen-bond donors (Lipinski definition) is 0. The number of halogens is 1. The van der Waals surface area contributed by atoms with Crippen LogP contribution in [0.2, 0.25) is 5.28 Å². The minimum absolute atomic E-state index is 0.169. The van der Waals surface area contributed by atoms with E-state index < -0.39 is 0 Å². The lowest BCUT2D eigenvalue weighted by molar-refractivity contribution is 1.03. The number of hydrogen-bond acceptors (Lipinski definition) is 3. The van der Waals surface area contributed by atoms with Crippen LogP contribution in [0.1, 0.15) is 12.7 Å². The van der Waals surface area contributed by atoms with Crippen LogP contribution in [0.5, 0.6) is 0 Å². The van der Waals surface area contributed by atoms with Crippen molar-refractivity contribution in [2.24, 2.45) is 0 Å². The van der Waals surface area contributed by atoms with Crippen LogP contribution in [-0.4, -0.2) is 15.0 Å². The molecule has 0 amide bonds. The first-order valence-electron chi connectivity index (χ1n) is 6.17. The van der Waals surface area contributed by atoms with E-state index in [0.717, 1.165) is 11.1 Å². The van der Waals surface area contributed by atoms with Crippen LogP contribution in [0, 0.1) is 0 Å². The molecule has 2 rings (SSSR count). The summed E-state index contributed by atoms with van der Waals surface area (Å²) in [7, 11) is 0. The van der Waals surface area contributed by atoms with Crippen molar-refractivity contribution in [3.63, 3.8) is 0 Å². The molecule has 100 valence electrons. The normalized spacial score (nSPS) is 11.8. The van der Waals surface area contributed by atoms with Crippen molar-refractivity contribution in [2.45, 2.75) is 6.92 Å². The average molecular weight is 284 g/mol. The highest BCUT2D eigenvalue weighted by Gasteiger charge is 2.08. The smallest absolute Gasteiger partial charge is 0.208 e. The van der Waals surface area contributed by atoms with Crippen LogP contribution in [0.25, 0.3) is 17.0 Å². The molecule has 0 N–H and O–H groups in total. The molecule has 1 aromatic carbocycles. The standard InChI is InChI=1S/C16H14ClN3/c1-3-5-9-12(4-2)14-18-15(20-16(17)19-14)13-10-7-6-8-11-13/h3-11H,2H2,1H3/b5-3-,12-9+. The molecular formula is C16H14ClN3. The fourth-order valence-corrected chi connectivity index (χ4v) is 1.79. The Morgan fingerprint density at radius 3 is 2.55 bits per heavy atom. The summed E-state index contributed by atoms with van der Waals surface area (Å²) in [6.45, 7) is 5.71. The van der Waals surface area contributed by atoms with E-state index in [1.165, 1.54) is 0 Å². The van der Waals surface area contributed by atoms with Crippen LogP contribution in [0.15, 0.2) is 61.2 Å². The Labute approximate surface area is 123 Å². The van der Waals surface area contributed by atoms with Gasteiger partial charge in [-0.3, -0.25) is 0 Å². The maximum absolute atomic E-state index is 5.99. The summed E-state index contributed by atoms with van der Waals surface area (Å²) in [6, 6.07) is 9.65. The number of nitrogens with zero attached hydrogens (tertiary/aromatic N) is 3. The van der Waals surface area contributed by atoms with Crippen molar-refractivity contribution in [1.29, 1.82) is 0 Å². The second kappa shape index (κ2) is 6.78. The molecule has 0 aliphatic rings. The van der Waals surface area contributed by atoms with Gasteiger partial charge in [-0.05, 0) is 18.5 Å². The fraction of sp³-hybridized carbons (Fsp3) is 0.0625. The maximum atomic E-state index is 5.99. The number of benzene rings is 1. The molecule has 3 nitrogen and oxygen atoms in total. The fourth-order valence-electron chi connectivity index (χ4n) is 1.63. The Hall–Kier alpha value is -2.26.